The lowest BCUT2D eigenvalue weighted by atomic mass is 10.2. The van der Waals surface area contributed by atoms with Gasteiger partial charge in [0, 0.05) is 12.3 Å². The van der Waals surface area contributed by atoms with Crippen LogP contribution in [0.1, 0.15) is 22.5 Å². The molecule has 0 radical (unpaired) electrons. The van der Waals surface area contributed by atoms with Gasteiger partial charge in [-0.15, -0.1) is 0 Å². The van der Waals surface area contributed by atoms with Crippen LogP contribution in [-0.2, 0) is 0 Å². The topological polar surface area (TPSA) is 70.2 Å². The molecule has 0 spiro atoms. The predicted octanol–water partition coefficient (Wildman–Crippen LogP) is 1.01. The van der Waals surface area contributed by atoms with E-state index in [1.807, 2.05) is 0 Å². The van der Waals surface area contributed by atoms with Gasteiger partial charge in [0.15, 0.2) is 5.43 Å². The molecule has 0 aliphatic rings. The Kier molecular flexibility index (Phi) is 2.41. The van der Waals surface area contributed by atoms with Crippen molar-refractivity contribution in [1.82, 2.24) is 4.98 Å². The van der Waals surface area contributed by atoms with Crippen molar-refractivity contribution in [2.45, 2.75) is 6.43 Å². The second-order valence-corrected chi connectivity index (χ2v) is 2.24. The third-order valence-electron chi connectivity index (χ3n) is 1.43. The normalized spacial score (nSPS) is 10.4. The van der Waals surface area contributed by atoms with Crippen LogP contribution in [0.3, 0.4) is 0 Å². The number of carboxylic acids is 1. The van der Waals surface area contributed by atoms with Gasteiger partial charge in [-0.05, 0) is 0 Å². The van der Waals surface area contributed by atoms with E-state index in [9.17, 15) is 18.4 Å². The Morgan fingerprint density at radius 1 is 1.54 bits per heavy atom. The maximum absolute atomic E-state index is 12.2. The number of nitrogens with one attached hydrogen (secondary N) is 1. The minimum atomic E-state index is -3.09. The molecule has 0 aromatic carbocycles. The van der Waals surface area contributed by atoms with Crippen molar-refractivity contribution in [2.75, 3.05) is 0 Å². The quantitative estimate of drug-likeness (QED) is 0.729. The number of carboxylic acid groups (broad SMARTS) is 1. The number of hydrogen-bond acceptors (Lipinski definition) is 2. The zero-order valence-corrected chi connectivity index (χ0v) is 6.25. The van der Waals surface area contributed by atoms with Crippen molar-refractivity contribution in [3.63, 3.8) is 0 Å². The summed E-state index contributed by atoms with van der Waals surface area (Å²) in [7, 11) is 0. The van der Waals surface area contributed by atoms with E-state index in [1.54, 1.807) is 0 Å². The molecule has 13 heavy (non-hydrogen) atoms. The van der Waals surface area contributed by atoms with Crippen molar-refractivity contribution in [1.29, 1.82) is 0 Å². The molecular formula is C7H5F2NO3. The molecule has 0 bridgehead atoms. The first-order chi connectivity index (χ1) is 6.04. The van der Waals surface area contributed by atoms with Crippen molar-refractivity contribution >= 4 is 5.97 Å². The summed E-state index contributed by atoms with van der Waals surface area (Å²) < 4.78 is 24.3. The lowest BCUT2D eigenvalue weighted by Gasteiger charge is -2.02. The lowest BCUT2D eigenvalue weighted by Crippen LogP contribution is -2.16. The van der Waals surface area contributed by atoms with Gasteiger partial charge >= 0.3 is 5.97 Å². The molecule has 0 atom stereocenters. The Morgan fingerprint density at radius 2 is 2.15 bits per heavy atom. The van der Waals surface area contributed by atoms with E-state index in [4.69, 9.17) is 5.11 Å². The van der Waals surface area contributed by atoms with Crippen LogP contribution in [-0.4, -0.2) is 16.1 Å². The highest BCUT2D eigenvalue weighted by molar-refractivity contribution is 5.87. The number of rotatable bonds is 2. The highest BCUT2D eigenvalue weighted by atomic mass is 19.3. The van der Waals surface area contributed by atoms with Gasteiger partial charge in [0.1, 0.15) is 5.69 Å². The molecule has 0 saturated heterocycles. The van der Waals surface area contributed by atoms with Gasteiger partial charge in [-0.3, -0.25) is 4.79 Å². The fourth-order valence-electron chi connectivity index (χ4n) is 0.885. The van der Waals surface area contributed by atoms with Gasteiger partial charge in [-0.25, -0.2) is 13.6 Å². The number of hydrogen-bond donors (Lipinski definition) is 2. The summed E-state index contributed by atoms with van der Waals surface area (Å²) in [6.45, 7) is 0. The minimum absolute atomic E-state index is 0.762. The Balaban J connectivity index is 3.43. The molecule has 1 aromatic rings. The molecule has 2 N–H and O–H groups in total. The first kappa shape index (κ1) is 9.37. The number of aromatic nitrogens is 1. The predicted molar refractivity (Wildman–Crippen MR) is 39.0 cm³/mol. The molecule has 4 nitrogen and oxygen atoms in total. The molecule has 0 unspecified atom stereocenters. The lowest BCUT2D eigenvalue weighted by molar-refractivity contribution is 0.0676. The fraction of sp³-hybridized carbons (Fsp3) is 0.143. The third kappa shape index (κ3) is 1.71. The molecule has 1 rings (SSSR count). The first-order valence-electron chi connectivity index (χ1n) is 3.27. The molecule has 0 saturated carbocycles. The number of H-pyrrole nitrogens is 1. The summed E-state index contributed by atoms with van der Waals surface area (Å²) in [4.78, 5) is 23.3. The zero-order chi connectivity index (χ0) is 10.0. The standard InChI is InChI=1S/C7H5F2NO3/c8-6(9)4-3(11)1-2-10-5(4)7(12)13/h1-2,6H,(H,10,11)(H,12,13). The smallest absolute Gasteiger partial charge is 0.352 e. The summed E-state index contributed by atoms with van der Waals surface area (Å²) in [5.41, 5.74) is -2.75. The largest absolute Gasteiger partial charge is 0.477 e. The number of carbonyl (C=O) groups is 1. The van der Waals surface area contributed by atoms with Crippen molar-refractivity contribution in [3.8, 4) is 0 Å². The van der Waals surface area contributed by atoms with Gasteiger partial charge < -0.3 is 10.1 Å². The van der Waals surface area contributed by atoms with E-state index in [2.05, 4.69) is 4.98 Å². The van der Waals surface area contributed by atoms with Crippen LogP contribution >= 0.6 is 0 Å². The SMILES string of the molecule is O=C(O)c1[nH]ccc(=O)c1C(F)F. The second-order valence-electron chi connectivity index (χ2n) is 2.24. The Morgan fingerprint density at radius 3 is 2.54 bits per heavy atom. The molecule has 1 aromatic heterocycles. The maximum Gasteiger partial charge on any atom is 0.352 e. The number of halogens is 2. The molecule has 0 aliphatic heterocycles. The van der Waals surface area contributed by atoms with Gasteiger partial charge in [0.2, 0.25) is 0 Å². The van der Waals surface area contributed by atoms with Crippen LogP contribution in [0, 0.1) is 0 Å². The van der Waals surface area contributed by atoms with Crippen molar-refractivity contribution < 1.29 is 18.7 Å². The van der Waals surface area contributed by atoms with E-state index in [1.165, 1.54) is 0 Å². The summed E-state index contributed by atoms with van der Waals surface area (Å²) in [5.74, 6) is -1.58. The number of aromatic amines is 1. The highest BCUT2D eigenvalue weighted by Crippen LogP contribution is 2.17. The molecule has 0 fully saturated rings. The summed E-state index contributed by atoms with van der Waals surface area (Å²) in [6, 6.07) is 0.855. The number of alkyl halides is 2. The molecule has 70 valence electrons. The molecular weight excluding hydrogens is 184 g/mol. The van der Waals surface area contributed by atoms with Crippen LogP contribution in [0.4, 0.5) is 8.78 Å². The highest BCUT2D eigenvalue weighted by Gasteiger charge is 2.21. The summed E-state index contributed by atoms with van der Waals surface area (Å²) in [5, 5.41) is 8.44. The third-order valence-corrected chi connectivity index (χ3v) is 1.43. The average Bonchev–Trinajstić information content (AvgIpc) is 2.02. The van der Waals surface area contributed by atoms with Gasteiger partial charge in [-0.1, -0.05) is 0 Å². The van der Waals surface area contributed by atoms with Gasteiger partial charge in [0.25, 0.3) is 6.43 Å². The maximum atomic E-state index is 12.2. The van der Waals surface area contributed by atoms with E-state index < -0.39 is 29.1 Å². The van der Waals surface area contributed by atoms with Crippen LogP contribution in [0.15, 0.2) is 17.1 Å². The van der Waals surface area contributed by atoms with Crippen LogP contribution < -0.4 is 5.43 Å². The van der Waals surface area contributed by atoms with Crippen LogP contribution in [0.5, 0.6) is 0 Å². The summed E-state index contributed by atoms with van der Waals surface area (Å²) >= 11 is 0. The second kappa shape index (κ2) is 3.34. The molecule has 1 heterocycles. The Hall–Kier alpha value is -1.72. The first-order valence-corrected chi connectivity index (χ1v) is 3.27. The van der Waals surface area contributed by atoms with E-state index in [0.717, 1.165) is 12.3 Å². The van der Waals surface area contributed by atoms with Crippen molar-refractivity contribution in [3.05, 3.63) is 33.7 Å². The number of pyridine rings is 1. The van der Waals surface area contributed by atoms with Gasteiger partial charge in [-0.2, -0.15) is 0 Å². The van der Waals surface area contributed by atoms with Crippen LogP contribution in [0.2, 0.25) is 0 Å². The Labute approximate surface area is 70.8 Å². The van der Waals surface area contributed by atoms with Crippen LogP contribution in [0.25, 0.3) is 0 Å². The molecule has 0 aliphatic carbocycles. The average molecular weight is 189 g/mol. The minimum Gasteiger partial charge on any atom is -0.477 e. The van der Waals surface area contributed by atoms with Gasteiger partial charge in [0.05, 0.1) is 5.56 Å². The molecule has 6 heteroatoms. The fourth-order valence-corrected chi connectivity index (χ4v) is 0.885. The molecule has 0 amide bonds. The van der Waals surface area contributed by atoms with E-state index in [-0.39, 0.29) is 0 Å². The monoisotopic (exact) mass is 189 g/mol. The summed E-state index contributed by atoms with van der Waals surface area (Å²) in [6.07, 6.45) is -2.08. The van der Waals surface area contributed by atoms with E-state index in [0.29, 0.717) is 0 Å². The Bertz CT molecular complexity index is 386. The number of aromatic carboxylic acids is 1. The van der Waals surface area contributed by atoms with Crippen molar-refractivity contribution in [2.24, 2.45) is 0 Å². The van der Waals surface area contributed by atoms with E-state index >= 15 is 0 Å². The zero-order valence-electron chi connectivity index (χ0n) is 6.25.